The van der Waals surface area contributed by atoms with Gasteiger partial charge < -0.3 is 10.1 Å². The van der Waals surface area contributed by atoms with Crippen molar-refractivity contribution < 1.29 is 18.3 Å². The zero-order chi connectivity index (χ0) is 10.1. The SMILES string of the molecule is CCCOC(=O)NC1C(C)C1(F)F. The van der Waals surface area contributed by atoms with E-state index in [2.05, 4.69) is 10.1 Å². The minimum Gasteiger partial charge on any atom is -0.450 e. The maximum absolute atomic E-state index is 12.6. The van der Waals surface area contributed by atoms with Gasteiger partial charge in [0, 0.05) is 5.92 Å². The molecule has 1 aliphatic carbocycles. The minimum atomic E-state index is -2.76. The molecule has 0 aromatic rings. The molecule has 0 spiro atoms. The summed E-state index contributed by atoms with van der Waals surface area (Å²) in [5.74, 6) is -3.53. The Bertz CT molecular complexity index is 208. The van der Waals surface area contributed by atoms with Gasteiger partial charge in [-0.1, -0.05) is 13.8 Å². The maximum atomic E-state index is 12.6. The van der Waals surface area contributed by atoms with Crippen LogP contribution in [-0.4, -0.2) is 24.7 Å². The van der Waals surface area contributed by atoms with E-state index in [1.54, 1.807) is 0 Å². The van der Waals surface area contributed by atoms with Crippen molar-refractivity contribution in [2.75, 3.05) is 6.61 Å². The fourth-order valence-corrected chi connectivity index (χ4v) is 1.06. The van der Waals surface area contributed by atoms with E-state index in [-0.39, 0.29) is 6.61 Å². The second kappa shape index (κ2) is 3.47. The number of nitrogens with one attached hydrogen (secondary N) is 1. The molecule has 76 valence electrons. The summed E-state index contributed by atoms with van der Waals surface area (Å²) in [6.45, 7) is 3.49. The Labute approximate surface area is 75.4 Å². The number of rotatable bonds is 3. The molecule has 0 bridgehead atoms. The van der Waals surface area contributed by atoms with Gasteiger partial charge in [-0.25, -0.2) is 13.6 Å². The van der Waals surface area contributed by atoms with Crippen LogP contribution >= 0.6 is 0 Å². The second-order valence-corrected chi connectivity index (χ2v) is 3.22. The summed E-state index contributed by atoms with van der Waals surface area (Å²) in [5.41, 5.74) is 0. The molecule has 1 amide bonds. The Morgan fingerprint density at radius 1 is 1.62 bits per heavy atom. The first-order valence-corrected chi connectivity index (χ1v) is 4.31. The largest absolute Gasteiger partial charge is 0.450 e. The number of carbonyl (C=O) groups excluding carboxylic acids is 1. The number of alkyl carbamates (subject to hydrolysis) is 1. The Morgan fingerprint density at radius 2 is 2.15 bits per heavy atom. The quantitative estimate of drug-likeness (QED) is 0.741. The predicted octanol–water partition coefficient (Wildman–Crippen LogP) is 1.78. The van der Waals surface area contributed by atoms with E-state index in [1.807, 2.05) is 6.92 Å². The van der Waals surface area contributed by atoms with Crippen LogP contribution in [0.1, 0.15) is 20.3 Å². The standard InChI is InChI=1S/C8H13F2NO2/c1-3-4-13-7(12)11-6-5(2)8(6,9)10/h5-6H,3-4H2,1-2H3,(H,11,12). The van der Waals surface area contributed by atoms with Crippen molar-refractivity contribution in [3.05, 3.63) is 0 Å². The zero-order valence-corrected chi connectivity index (χ0v) is 7.64. The van der Waals surface area contributed by atoms with Crippen molar-refractivity contribution in [3.8, 4) is 0 Å². The number of ether oxygens (including phenoxy) is 1. The van der Waals surface area contributed by atoms with Gasteiger partial charge in [-0.3, -0.25) is 0 Å². The van der Waals surface area contributed by atoms with Crippen LogP contribution in [0.15, 0.2) is 0 Å². The van der Waals surface area contributed by atoms with E-state index < -0.39 is 24.0 Å². The number of hydrogen-bond acceptors (Lipinski definition) is 2. The number of halogens is 2. The van der Waals surface area contributed by atoms with Crippen molar-refractivity contribution in [3.63, 3.8) is 0 Å². The number of amides is 1. The van der Waals surface area contributed by atoms with Gasteiger partial charge in [-0.15, -0.1) is 0 Å². The molecule has 1 rings (SSSR count). The van der Waals surface area contributed by atoms with Crippen LogP contribution in [0.5, 0.6) is 0 Å². The van der Waals surface area contributed by atoms with Crippen molar-refractivity contribution >= 4 is 6.09 Å². The lowest BCUT2D eigenvalue weighted by atomic mass is 10.5. The lowest BCUT2D eigenvalue weighted by molar-refractivity contribution is 0.0881. The van der Waals surface area contributed by atoms with Crippen LogP contribution in [0.3, 0.4) is 0 Å². The summed E-state index contributed by atoms with van der Waals surface area (Å²) in [5, 5.41) is 2.12. The van der Waals surface area contributed by atoms with Crippen molar-refractivity contribution in [2.45, 2.75) is 32.2 Å². The first-order chi connectivity index (χ1) is 6.00. The van der Waals surface area contributed by atoms with Gasteiger partial charge in [0.1, 0.15) is 6.04 Å². The summed E-state index contributed by atoms with van der Waals surface area (Å²) in [6, 6.07) is -1.04. The van der Waals surface area contributed by atoms with E-state index in [0.717, 1.165) is 0 Å². The lowest BCUT2D eigenvalue weighted by Crippen LogP contribution is -2.30. The fraction of sp³-hybridized carbons (Fsp3) is 0.875. The van der Waals surface area contributed by atoms with Gasteiger partial charge in [0.15, 0.2) is 0 Å². The third-order valence-corrected chi connectivity index (χ3v) is 2.12. The number of carbonyl (C=O) groups is 1. The molecule has 0 aliphatic heterocycles. The third kappa shape index (κ3) is 2.08. The Morgan fingerprint density at radius 3 is 2.54 bits per heavy atom. The smallest absolute Gasteiger partial charge is 0.407 e. The molecule has 1 fully saturated rings. The predicted molar refractivity (Wildman–Crippen MR) is 42.7 cm³/mol. The average molecular weight is 193 g/mol. The molecular formula is C8H13F2NO2. The summed E-state index contributed by atoms with van der Waals surface area (Å²) >= 11 is 0. The molecule has 2 atom stereocenters. The lowest BCUT2D eigenvalue weighted by Gasteiger charge is -2.04. The van der Waals surface area contributed by atoms with Crippen LogP contribution < -0.4 is 5.32 Å². The Kier molecular flexibility index (Phi) is 2.73. The molecule has 1 aliphatic rings. The van der Waals surface area contributed by atoms with Crippen LogP contribution in [0, 0.1) is 5.92 Å². The molecule has 1 N–H and O–H groups in total. The van der Waals surface area contributed by atoms with Crippen molar-refractivity contribution in [1.29, 1.82) is 0 Å². The molecule has 0 radical (unpaired) electrons. The number of alkyl halides is 2. The molecule has 1 saturated carbocycles. The molecule has 13 heavy (non-hydrogen) atoms. The van der Waals surface area contributed by atoms with Crippen LogP contribution in [0.4, 0.5) is 13.6 Å². The van der Waals surface area contributed by atoms with Crippen LogP contribution in [-0.2, 0) is 4.74 Å². The van der Waals surface area contributed by atoms with E-state index >= 15 is 0 Å². The summed E-state index contributed by atoms with van der Waals surface area (Å²) in [6.07, 6.45) is -0.0693. The summed E-state index contributed by atoms with van der Waals surface area (Å²) in [7, 11) is 0. The first-order valence-electron chi connectivity index (χ1n) is 4.31. The molecule has 0 saturated heterocycles. The highest BCUT2D eigenvalue weighted by atomic mass is 19.3. The van der Waals surface area contributed by atoms with Gasteiger partial charge in [0.05, 0.1) is 6.61 Å². The van der Waals surface area contributed by atoms with E-state index in [9.17, 15) is 13.6 Å². The van der Waals surface area contributed by atoms with E-state index in [0.29, 0.717) is 6.42 Å². The van der Waals surface area contributed by atoms with Gasteiger partial charge in [-0.2, -0.15) is 0 Å². The average Bonchev–Trinajstić information content (AvgIpc) is 2.51. The zero-order valence-electron chi connectivity index (χ0n) is 7.64. The molecule has 2 unspecified atom stereocenters. The molecule has 0 aromatic carbocycles. The van der Waals surface area contributed by atoms with Gasteiger partial charge >= 0.3 is 6.09 Å². The second-order valence-electron chi connectivity index (χ2n) is 3.22. The highest BCUT2D eigenvalue weighted by molar-refractivity contribution is 5.68. The van der Waals surface area contributed by atoms with Gasteiger partial charge in [0.25, 0.3) is 5.92 Å². The molecular weight excluding hydrogens is 180 g/mol. The first kappa shape index (κ1) is 10.2. The normalized spacial score (nSPS) is 29.5. The molecule has 5 heteroatoms. The third-order valence-electron chi connectivity index (χ3n) is 2.12. The van der Waals surface area contributed by atoms with E-state index in [4.69, 9.17) is 0 Å². The monoisotopic (exact) mass is 193 g/mol. The molecule has 0 heterocycles. The van der Waals surface area contributed by atoms with Gasteiger partial charge in [-0.05, 0) is 6.42 Å². The molecule has 3 nitrogen and oxygen atoms in total. The Balaban J connectivity index is 2.23. The van der Waals surface area contributed by atoms with Crippen molar-refractivity contribution in [1.82, 2.24) is 5.32 Å². The minimum absolute atomic E-state index is 0.262. The highest BCUT2D eigenvalue weighted by Gasteiger charge is 2.66. The summed E-state index contributed by atoms with van der Waals surface area (Å²) in [4.78, 5) is 10.8. The number of hydrogen-bond donors (Lipinski definition) is 1. The van der Waals surface area contributed by atoms with Crippen LogP contribution in [0.25, 0.3) is 0 Å². The van der Waals surface area contributed by atoms with Crippen LogP contribution in [0.2, 0.25) is 0 Å². The Hall–Kier alpha value is -0.870. The summed E-state index contributed by atoms with van der Waals surface area (Å²) < 4.78 is 29.8. The molecule has 0 aromatic heterocycles. The van der Waals surface area contributed by atoms with Gasteiger partial charge in [0.2, 0.25) is 0 Å². The van der Waals surface area contributed by atoms with Crippen molar-refractivity contribution in [2.24, 2.45) is 5.92 Å². The maximum Gasteiger partial charge on any atom is 0.407 e. The topological polar surface area (TPSA) is 38.3 Å². The fourth-order valence-electron chi connectivity index (χ4n) is 1.06. The highest BCUT2D eigenvalue weighted by Crippen LogP contribution is 2.48. The van der Waals surface area contributed by atoms with E-state index in [1.165, 1.54) is 6.92 Å².